The highest BCUT2D eigenvalue weighted by Crippen LogP contribution is 2.25. The van der Waals surface area contributed by atoms with Gasteiger partial charge in [-0.2, -0.15) is 0 Å². The van der Waals surface area contributed by atoms with Crippen molar-refractivity contribution in [3.05, 3.63) is 56.3 Å². The average molecular weight is 351 g/mol. The van der Waals surface area contributed by atoms with Gasteiger partial charge in [-0.1, -0.05) is 11.6 Å². The third-order valence-corrected chi connectivity index (χ3v) is 3.45. The minimum absolute atomic E-state index is 0.252. The molecule has 1 aromatic carbocycles. The Hall–Kier alpha value is -2.87. The van der Waals surface area contributed by atoms with Gasteiger partial charge in [0.05, 0.1) is 10.7 Å². The first-order chi connectivity index (χ1) is 11.3. The number of aromatic nitrogens is 2. The smallest absolute Gasteiger partial charge is 0.325 e. The quantitative estimate of drug-likeness (QED) is 0.851. The molecule has 2 rings (SSSR count). The van der Waals surface area contributed by atoms with Crippen LogP contribution in [0.25, 0.3) is 0 Å². The Bertz CT molecular complexity index is 916. The molecule has 0 spiro atoms. The van der Waals surface area contributed by atoms with Crippen LogP contribution in [0, 0.1) is 0 Å². The van der Waals surface area contributed by atoms with Gasteiger partial charge in [0.2, 0.25) is 11.8 Å². The van der Waals surface area contributed by atoms with Crippen LogP contribution in [0.15, 0.2) is 40.1 Å². The molecule has 0 aliphatic heterocycles. The molecule has 0 fully saturated rings. The molecule has 9 heteroatoms. The summed E-state index contributed by atoms with van der Waals surface area (Å²) in [6.07, 6.45) is 1.26. The first-order valence-electron chi connectivity index (χ1n) is 6.91. The summed E-state index contributed by atoms with van der Waals surface area (Å²) >= 11 is 6.02. The van der Waals surface area contributed by atoms with Gasteiger partial charge >= 0.3 is 5.69 Å². The van der Waals surface area contributed by atoms with Gasteiger partial charge in [-0.3, -0.25) is 23.5 Å². The Balaban J connectivity index is 2.12. The predicted octanol–water partition coefficient (Wildman–Crippen LogP) is 0.797. The first kappa shape index (κ1) is 17.5. The molecule has 0 saturated heterocycles. The summed E-state index contributed by atoms with van der Waals surface area (Å²) in [4.78, 5) is 46.2. The van der Waals surface area contributed by atoms with Crippen molar-refractivity contribution in [1.29, 1.82) is 0 Å². The molecule has 8 nitrogen and oxygen atoms in total. The van der Waals surface area contributed by atoms with Crippen molar-refractivity contribution in [3.8, 4) is 0 Å². The molecular weight excluding hydrogens is 336 g/mol. The summed E-state index contributed by atoms with van der Waals surface area (Å²) in [5.74, 6) is -0.721. The molecule has 0 unspecified atom stereocenters. The normalized spacial score (nSPS) is 10.3. The van der Waals surface area contributed by atoms with E-state index in [0.717, 1.165) is 9.13 Å². The maximum absolute atomic E-state index is 12.0. The van der Waals surface area contributed by atoms with Crippen molar-refractivity contribution < 1.29 is 9.59 Å². The Morgan fingerprint density at radius 3 is 2.50 bits per heavy atom. The number of benzene rings is 1. The molecule has 24 heavy (non-hydrogen) atoms. The molecule has 0 aliphatic rings. The fourth-order valence-corrected chi connectivity index (χ4v) is 2.20. The van der Waals surface area contributed by atoms with Gasteiger partial charge in [0.25, 0.3) is 5.56 Å². The number of nitrogens with zero attached hydrogens (tertiary/aromatic N) is 2. The zero-order chi connectivity index (χ0) is 17.9. The van der Waals surface area contributed by atoms with E-state index >= 15 is 0 Å². The van der Waals surface area contributed by atoms with E-state index in [1.807, 2.05) is 0 Å². The lowest BCUT2D eigenvalue weighted by atomic mass is 10.2. The van der Waals surface area contributed by atoms with Gasteiger partial charge in [0.15, 0.2) is 0 Å². The number of hydrogen-bond donors (Lipinski definition) is 2. The van der Waals surface area contributed by atoms with Crippen LogP contribution in [0.1, 0.15) is 6.92 Å². The largest absolute Gasteiger partial charge is 0.331 e. The van der Waals surface area contributed by atoms with Gasteiger partial charge < -0.3 is 10.6 Å². The second-order valence-corrected chi connectivity index (χ2v) is 5.45. The monoisotopic (exact) mass is 350 g/mol. The number of hydrogen-bond acceptors (Lipinski definition) is 4. The summed E-state index contributed by atoms with van der Waals surface area (Å²) < 4.78 is 2.02. The highest BCUT2D eigenvalue weighted by atomic mass is 35.5. The van der Waals surface area contributed by atoms with Crippen LogP contribution >= 0.6 is 11.6 Å². The first-order valence-corrected chi connectivity index (χ1v) is 7.29. The van der Waals surface area contributed by atoms with E-state index < -0.39 is 17.2 Å². The maximum atomic E-state index is 12.0. The van der Waals surface area contributed by atoms with Gasteiger partial charge in [-0.15, -0.1) is 0 Å². The van der Waals surface area contributed by atoms with E-state index in [-0.39, 0.29) is 17.5 Å². The highest BCUT2D eigenvalue weighted by Gasteiger charge is 2.09. The number of rotatable bonds is 4. The van der Waals surface area contributed by atoms with Crippen LogP contribution in [0.4, 0.5) is 11.4 Å². The van der Waals surface area contributed by atoms with Crippen molar-refractivity contribution in [2.45, 2.75) is 13.5 Å². The molecule has 2 N–H and O–H groups in total. The summed E-state index contributed by atoms with van der Waals surface area (Å²) in [5.41, 5.74) is -0.192. The Labute approximate surface area is 141 Å². The van der Waals surface area contributed by atoms with Gasteiger partial charge in [0.1, 0.15) is 6.54 Å². The number of carbonyl (C=O) groups excluding carboxylic acids is 2. The summed E-state index contributed by atoms with van der Waals surface area (Å²) in [5, 5.41) is 5.41. The van der Waals surface area contributed by atoms with Crippen LogP contribution in [0.3, 0.4) is 0 Å². The third-order valence-electron chi connectivity index (χ3n) is 3.14. The number of anilines is 2. The van der Waals surface area contributed by atoms with E-state index in [0.29, 0.717) is 11.4 Å². The van der Waals surface area contributed by atoms with Crippen LogP contribution in [0.2, 0.25) is 5.02 Å². The molecule has 0 atom stereocenters. The van der Waals surface area contributed by atoms with E-state index in [1.54, 1.807) is 12.1 Å². The van der Waals surface area contributed by atoms with E-state index in [9.17, 15) is 19.2 Å². The molecule has 0 saturated carbocycles. The summed E-state index contributed by atoms with van der Waals surface area (Å²) in [6.45, 7) is 1.11. The molecule has 126 valence electrons. The molecule has 0 aliphatic carbocycles. The minimum atomic E-state index is -0.586. The van der Waals surface area contributed by atoms with E-state index in [2.05, 4.69) is 10.6 Å². The summed E-state index contributed by atoms with van der Waals surface area (Å²) in [6, 6.07) is 5.80. The highest BCUT2D eigenvalue weighted by molar-refractivity contribution is 6.34. The van der Waals surface area contributed by atoms with E-state index in [1.165, 1.54) is 32.3 Å². The van der Waals surface area contributed by atoms with Crippen LogP contribution in [-0.2, 0) is 23.2 Å². The van der Waals surface area contributed by atoms with Crippen LogP contribution in [-0.4, -0.2) is 20.9 Å². The van der Waals surface area contributed by atoms with Gasteiger partial charge in [-0.05, 0) is 18.2 Å². The van der Waals surface area contributed by atoms with Crippen LogP contribution in [0.5, 0.6) is 0 Å². The number of carbonyl (C=O) groups is 2. The molecule has 2 amide bonds. The Morgan fingerprint density at radius 2 is 1.88 bits per heavy atom. The molecule has 0 bridgehead atoms. The number of nitrogens with one attached hydrogen (secondary N) is 2. The zero-order valence-corrected chi connectivity index (χ0v) is 13.8. The fraction of sp³-hybridized carbons (Fsp3) is 0.200. The molecule has 2 aromatic rings. The average Bonchev–Trinajstić information content (AvgIpc) is 2.50. The lowest BCUT2D eigenvalue weighted by Crippen LogP contribution is -2.38. The Morgan fingerprint density at radius 1 is 1.17 bits per heavy atom. The molecule has 0 radical (unpaired) electrons. The maximum Gasteiger partial charge on any atom is 0.331 e. The topological polar surface area (TPSA) is 102 Å². The summed E-state index contributed by atoms with van der Waals surface area (Å²) in [7, 11) is 1.33. The second-order valence-electron chi connectivity index (χ2n) is 5.05. The standard InChI is InChI=1S/C15H15ClN4O4/c1-9(21)17-12-4-3-10(7-11(12)16)18-13(22)8-20-6-5-14(23)19(2)15(20)24/h3-7H,8H2,1-2H3,(H,17,21)(H,18,22). The molecular formula is C15H15ClN4O4. The zero-order valence-electron chi connectivity index (χ0n) is 13.0. The van der Waals surface area contributed by atoms with Crippen molar-refractivity contribution in [3.63, 3.8) is 0 Å². The SMILES string of the molecule is CC(=O)Nc1ccc(NC(=O)Cn2ccc(=O)n(C)c2=O)cc1Cl. The minimum Gasteiger partial charge on any atom is -0.325 e. The third kappa shape index (κ3) is 4.11. The lowest BCUT2D eigenvalue weighted by Gasteiger charge is -2.10. The van der Waals surface area contributed by atoms with Crippen molar-refractivity contribution >= 4 is 34.8 Å². The lowest BCUT2D eigenvalue weighted by molar-refractivity contribution is -0.117. The van der Waals surface area contributed by atoms with Gasteiger partial charge in [-0.25, -0.2) is 4.79 Å². The van der Waals surface area contributed by atoms with Crippen LogP contribution < -0.4 is 21.9 Å². The molecule has 1 heterocycles. The fourth-order valence-electron chi connectivity index (χ4n) is 1.98. The number of halogens is 1. The Kier molecular flexibility index (Phi) is 5.20. The van der Waals surface area contributed by atoms with Crippen molar-refractivity contribution in [2.75, 3.05) is 10.6 Å². The molecule has 1 aromatic heterocycles. The predicted molar refractivity (Wildman–Crippen MR) is 90.3 cm³/mol. The second kappa shape index (κ2) is 7.14. The van der Waals surface area contributed by atoms with E-state index in [4.69, 9.17) is 11.6 Å². The van der Waals surface area contributed by atoms with Crippen molar-refractivity contribution in [2.24, 2.45) is 7.05 Å². The van der Waals surface area contributed by atoms with Crippen molar-refractivity contribution in [1.82, 2.24) is 9.13 Å². The van der Waals surface area contributed by atoms with Gasteiger partial charge in [0, 0.05) is 31.9 Å². The number of amides is 2.